The molecule has 2 N–H and O–H groups in total. The zero-order chi connectivity index (χ0) is 22.1. The summed E-state index contributed by atoms with van der Waals surface area (Å²) in [6.45, 7) is 0.842. The Bertz CT molecular complexity index is 980. The van der Waals surface area contributed by atoms with Crippen molar-refractivity contribution in [1.29, 1.82) is 0 Å². The number of hydrogen-bond acceptors (Lipinski definition) is 5. The van der Waals surface area contributed by atoms with E-state index in [9.17, 15) is 18.0 Å². The molecule has 0 fully saturated rings. The van der Waals surface area contributed by atoms with Crippen LogP contribution in [-0.2, 0) is 19.6 Å². The van der Waals surface area contributed by atoms with Gasteiger partial charge in [-0.3, -0.25) is 14.3 Å². The molecule has 2 aromatic carbocycles. The van der Waals surface area contributed by atoms with Crippen LogP contribution in [0.3, 0.4) is 0 Å². The van der Waals surface area contributed by atoms with Gasteiger partial charge in [0.25, 0.3) is 15.9 Å². The normalized spacial score (nSPS) is 11.0. The Morgan fingerprint density at radius 2 is 1.83 bits per heavy atom. The molecule has 0 aliphatic heterocycles. The van der Waals surface area contributed by atoms with E-state index in [1.807, 2.05) is 0 Å². The number of amides is 2. The summed E-state index contributed by atoms with van der Waals surface area (Å²) in [6.07, 6.45) is 0.672. The van der Waals surface area contributed by atoms with Gasteiger partial charge in [0.2, 0.25) is 5.91 Å². The molecular formula is C20H24BrN3O5S. The number of rotatable bonds is 10. The SMILES string of the molecule is COCCCNC(=O)CN(C)C(=O)c1cccc(S(=O)(=O)Nc2ccc(Br)cc2)c1. The second-order valence-electron chi connectivity index (χ2n) is 6.50. The van der Waals surface area contributed by atoms with Crippen LogP contribution in [-0.4, -0.2) is 59.0 Å². The summed E-state index contributed by atoms with van der Waals surface area (Å²) >= 11 is 3.29. The van der Waals surface area contributed by atoms with Crippen LogP contribution < -0.4 is 10.0 Å². The molecule has 0 bridgehead atoms. The zero-order valence-corrected chi connectivity index (χ0v) is 19.1. The lowest BCUT2D eigenvalue weighted by atomic mass is 10.2. The van der Waals surface area contributed by atoms with Crippen molar-refractivity contribution >= 4 is 43.5 Å². The largest absolute Gasteiger partial charge is 0.385 e. The number of ether oxygens (including phenoxy) is 1. The summed E-state index contributed by atoms with van der Waals surface area (Å²) in [4.78, 5) is 25.8. The van der Waals surface area contributed by atoms with Gasteiger partial charge >= 0.3 is 0 Å². The number of likely N-dealkylation sites (N-methyl/N-ethyl adjacent to an activating group) is 1. The van der Waals surface area contributed by atoms with Crippen LogP contribution >= 0.6 is 15.9 Å². The topological polar surface area (TPSA) is 105 Å². The second kappa shape index (κ2) is 11.1. The quantitative estimate of drug-likeness (QED) is 0.490. The van der Waals surface area contributed by atoms with Crippen LogP contribution in [0.15, 0.2) is 57.9 Å². The van der Waals surface area contributed by atoms with E-state index in [1.54, 1.807) is 31.4 Å². The van der Waals surface area contributed by atoms with Crippen LogP contribution in [0.1, 0.15) is 16.8 Å². The number of nitrogens with one attached hydrogen (secondary N) is 2. The third-order valence-electron chi connectivity index (χ3n) is 4.06. The second-order valence-corrected chi connectivity index (χ2v) is 9.10. The summed E-state index contributed by atoms with van der Waals surface area (Å²) in [7, 11) is -0.811. The number of carbonyl (C=O) groups excluding carboxylic acids is 2. The van der Waals surface area contributed by atoms with Crippen molar-refractivity contribution in [2.75, 3.05) is 38.6 Å². The van der Waals surface area contributed by atoms with E-state index in [-0.39, 0.29) is 22.9 Å². The molecule has 0 aliphatic rings. The van der Waals surface area contributed by atoms with E-state index >= 15 is 0 Å². The Morgan fingerprint density at radius 1 is 1.13 bits per heavy atom. The highest BCUT2D eigenvalue weighted by Crippen LogP contribution is 2.20. The molecule has 2 rings (SSSR count). The smallest absolute Gasteiger partial charge is 0.261 e. The maximum Gasteiger partial charge on any atom is 0.261 e. The monoisotopic (exact) mass is 497 g/mol. The molecular weight excluding hydrogens is 474 g/mol. The maximum absolute atomic E-state index is 12.7. The molecule has 10 heteroatoms. The molecule has 30 heavy (non-hydrogen) atoms. The molecule has 0 aromatic heterocycles. The first-order chi connectivity index (χ1) is 14.2. The van der Waals surface area contributed by atoms with Crippen molar-refractivity contribution in [3.63, 3.8) is 0 Å². The van der Waals surface area contributed by atoms with Gasteiger partial charge < -0.3 is 15.0 Å². The zero-order valence-electron chi connectivity index (χ0n) is 16.7. The first-order valence-electron chi connectivity index (χ1n) is 9.12. The summed E-state index contributed by atoms with van der Waals surface area (Å²) in [5, 5.41) is 2.70. The minimum Gasteiger partial charge on any atom is -0.385 e. The molecule has 0 spiro atoms. The molecule has 0 unspecified atom stereocenters. The summed E-state index contributed by atoms with van der Waals surface area (Å²) in [6, 6.07) is 12.4. The molecule has 0 aliphatic carbocycles. The van der Waals surface area contributed by atoms with E-state index < -0.39 is 15.9 Å². The first kappa shape index (κ1) is 23.8. The number of halogens is 1. The van der Waals surface area contributed by atoms with Gasteiger partial charge in [-0.2, -0.15) is 0 Å². The first-order valence-corrected chi connectivity index (χ1v) is 11.4. The molecule has 162 valence electrons. The highest BCUT2D eigenvalue weighted by molar-refractivity contribution is 9.10. The maximum atomic E-state index is 12.7. The van der Waals surface area contributed by atoms with Gasteiger partial charge in [-0.1, -0.05) is 22.0 Å². The third kappa shape index (κ3) is 7.12. The molecule has 2 amide bonds. The average Bonchev–Trinajstić information content (AvgIpc) is 2.72. The van der Waals surface area contributed by atoms with E-state index in [1.165, 1.54) is 36.2 Å². The summed E-state index contributed by atoms with van der Waals surface area (Å²) in [5.41, 5.74) is 0.570. The molecule has 0 radical (unpaired) electrons. The van der Waals surface area contributed by atoms with Gasteiger partial charge in [-0.15, -0.1) is 0 Å². The Balaban J connectivity index is 2.05. The van der Waals surface area contributed by atoms with E-state index in [2.05, 4.69) is 26.0 Å². The molecule has 2 aromatic rings. The summed E-state index contributed by atoms with van der Waals surface area (Å²) in [5.74, 6) is -0.759. The lowest BCUT2D eigenvalue weighted by Gasteiger charge is -2.17. The lowest BCUT2D eigenvalue weighted by Crippen LogP contribution is -2.38. The van der Waals surface area contributed by atoms with Crippen LogP contribution in [0.25, 0.3) is 0 Å². The molecule has 8 nitrogen and oxygen atoms in total. The van der Waals surface area contributed by atoms with Crippen molar-refractivity contribution in [3.8, 4) is 0 Å². The standard InChI is InChI=1S/C20H24BrN3O5S/c1-24(14-19(25)22-11-4-12-29-2)20(26)15-5-3-6-18(13-15)30(27,28)23-17-9-7-16(21)8-10-17/h3,5-10,13,23H,4,11-12,14H2,1-2H3,(H,22,25). The van der Waals surface area contributed by atoms with Gasteiger partial charge in [-0.05, 0) is 48.9 Å². The fraction of sp³-hybridized carbons (Fsp3) is 0.300. The van der Waals surface area contributed by atoms with E-state index in [4.69, 9.17) is 4.74 Å². The van der Waals surface area contributed by atoms with E-state index in [0.29, 0.717) is 25.3 Å². The van der Waals surface area contributed by atoms with Gasteiger partial charge in [0, 0.05) is 43.0 Å². The number of sulfonamides is 1. The molecule has 0 saturated heterocycles. The van der Waals surface area contributed by atoms with Gasteiger partial charge in [0.05, 0.1) is 11.4 Å². The Morgan fingerprint density at radius 3 is 2.50 bits per heavy atom. The minimum absolute atomic E-state index is 0.0475. The van der Waals surface area contributed by atoms with Crippen molar-refractivity contribution in [2.45, 2.75) is 11.3 Å². The molecule has 0 heterocycles. The van der Waals surface area contributed by atoms with Crippen LogP contribution in [0, 0.1) is 0 Å². The molecule has 0 saturated carbocycles. The Labute approximate surface area is 184 Å². The fourth-order valence-corrected chi connectivity index (χ4v) is 3.90. The van der Waals surface area contributed by atoms with Crippen molar-refractivity contribution in [1.82, 2.24) is 10.2 Å². The number of nitrogens with zero attached hydrogens (tertiary/aromatic N) is 1. The van der Waals surface area contributed by atoms with Gasteiger partial charge in [-0.25, -0.2) is 8.42 Å². The average molecular weight is 498 g/mol. The van der Waals surface area contributed by atoms with Gasteiger partial charge in [0.1, 0.15) is 0 Å². The Kier molecular flexibility index (Phi) is 8.82. The van der Waals surface area contributed by atoms with Crippen molar-refractivity contribution < 1.29 is 22.7 Å². The predicted octanol–water partition coefficient (Wildman–Crippen LogP) is 2.47. The van der Waals surface area contributed by atoms with Crippen molar-refractivity contribution in [3.05, 3.63) is 58.6 Å². The van der Waals surface area contributed by atoms with Crippen LogP contribution in [0.5, 0.6) is 0 Å². The molecule has 0 atom stereocenters. The highest BCUT2D eigenvalue weighted by Gasteiger charge is 2.19. The number of anilines is 1. The lowest BCUT2D eigenvalue weighted by molar-refractivity contribution is -0.121. The Hall–Kier alpha value is -2.43. The number of hydrogen-bond donors (Lipinski definition) is 2. The third-order valence-corrected chi connectivity index (χ3v) is 5.97. The predicted molar refractivity (Wildman–Crippen MR) is 118 cm³/mol. The van der Waals surface area contributed by atoms with Crippen molar-refractivity contribution in [2.24, 2.45) is 0 Å². The number of carbonyl (C=O) groups is 2. The minimum atomic E-state index is -3.88. The van der Waals surface area contributed by atoms with E-state index in [0.717, 1.165) is 4.47 Å². The highest BCUT2D eigenvalue weighted by atomic mass is 79.9. The van der Waals surface area contributed by atoms with Crippen LogP contribution in [0.4, 0.5) is 5.69 Å². The fourth-order valence-electron chi connectivity index (χ4n) is 2.54. The summed E-state index contributed by atoms with van der Waals surface area (Å²) < 4.78 is 33.5. The number of methoxy groups -OCH3 is 1. The van der Waals surface area contributed by atoms with Gasteiger partial charge in [0.15, 0.2) is 0 Å². The van der Waals surface area contributed by atoms with Crippen LogP contribution in [0.2, 0.25) is 0 Å². The number of benzene rings is 2.